The molecular formula is C14H25N3O2. The maximum absolute atomic E-state index is 12.6. The van der Waals surface area contributed by atoms with E-state index >= 15 is 0 Å². The fourth-order valence-corrected chi connectivity index (χ4v) is 3.64. The van der Waals surface area contributed by atoms with Crippen molar-refractivity contribution in [1.29, 1.82) is 0 Å². The Labute approximate surface area is 114 Å². The van der Waals surface area contributed by atoms with E-state index in [0.29, 0.717) is 18.4 Å². The molecule has 0 spiro atoms. The molecule has 1 aliphatic carbocycles. The first-order valence-corrected chi connectivity index (χ1v) is 7.47. The number of amides is 1. The summed E-state index contributed by atoms with van der Waals surface area (Å²) in [5, 5.41) is 11.9. The number of nitrogens with two attached hydrogens (primary N) is 1. The average molecular weight is 267 g/mol. The highest BCUT2D eigenvalue weighted by atomic mass is 16.4. The molecule has 0 radical (unpaired) electrons. The largest absolute Gasteiger partial charge is 0.409 e. The van der Waals surface area contributed by atoms with Crippen LogP contribution in [0.1, 0.15) is 51.9 Å². The van der Waals surface area contributed by atoms with Gasteiger partial charge >= 0.3 is 0 Å². The van der Waals surface area contributed by atoms with E-state index in [-0.39, 0.29) is 11.7 Å². The molecule has 1 amide bonds. The third kappa shape index (κ3) is 2.85. The van der Waals surface area contributed by atoms with Gasteiger partial charge in [0.15, 0.2) is 5.84 Å². The fourth-order valence-electron chi connectivity index (χ4n) is 3.64. The fraction of sp³-hybridized carbons (Fsp3) is 0.857. The minimum Gasteiger partial charge on any atom is -0.409 e. The summed E-state index contributed by atoms with van der Waals surface area (Å²) in [7, 11) is 0. The molecule has 19 heavy (non-hydrogen) atoms. The van der Waals surface area contributed by atoms with Crippen LogP contribution in [0.2, 0.25) is 0 Å². The quantitative estimate of drug-likeness (QED) is 0.353. The summed E-state index contributed by atoms with van der Waals surface area (Å²) in [4.78, 5) is 14.6. The number of nitrogens with zero attached hydrogens (tertiary/aromatic N) is 2. The maximum Gasteiger partial charge on any atom is 0.233 e. The van der Waals surface area contributed by atoms with Gasteiger partial charge in [-0.2, -0.15) is 0 Å². The molecule has 5 nitrogen and oxygen atoms in total. The molecule has 5 heteroatoms. The number of fused-ring (bicyclic) bond motifs is 1. The van der Waals surface area contributed by atoms with Gasteiger partial charge in [-0.05, 0) is 31.6 Å². The van der Waals surface area contributed by atoms with Gasteiger partial charge in [-0.3, -0.25) is 4.79 Å². The van der Waals surface area contributed by atoms with Gasteiger partial charge in [0.05, 0.1) is 5.92 Å². The Hall–Kier alpha value is -1.26. The highest BCUT2D eigenvalue weighted by Gasteiger charge is 2.40. The highest BCUT2D eigenvalue weighted by molar-refractivity contribution is 6.02. The van der Waals surface area contributed by atoms with Crippen LogP contribution < -0.4 is 5.73 Å². The molecule has 0 aromatic heterocycles. The van der Waals surface area contributed by atoms with Crippen LogP contribution in [0.4, 0.5) is 0 Å². The van der Waals surface area contributed by atoms with Gasteiger partial charge in [0.2, 0.25) is 5.91 Å². The predicted molar refractivity (Wildman–Crippen MR) is 73.9 cm³/mol. The van der Waals surface area contributed by atoms with Gasteiger partial charge in [0.25, 0.3) is 0 Å². The van der Waals surface area contributed by atoms with Crippen molar-refractivity contribution in [3.63, 3.8) is 0 Å². The lowest BCUT2D eigenvalue weighted by Crippen LogP contribution is -2.46. The first-order chi connectivity index (χ1) is 9.19. The molecule has 1 heterocycles. The zero-order chi connectivity index (χ0) is 13.8. The molecule has 0 aromatic carbocycles. The van der Waals surface area contributed by atoms with Crippen LogP contribution >= 0.6 is 0 Å². The van der Waals surface area contributed by atoms with Crippen molar-refractivity contribution in [3.05, 3.63) is 0 Å². The molecule has 2 rings (SSSR count). The van der Waals surface area contributed by atoms with Gasteiger partial charge in [-0.15, -0.1) is 0 Å². The van der Waals surface area contributed by atoms with E-state index in [1.807, 2.05) is 11.8 Å². The van der Waals surface area contributed by atoms with Crippen LogP contribution in [0, 0.1) is 11.8 Å². The molecule has 1 saturated heterocycles. The van der Waals surface area contributed by atoms with E-state index in [2.05, 4.69) is 5.16 Å². The molecular weight excluding hydrogens is 242 g/mol. The second-order valence-electron chi connectivity index (χ2n) is 5.80. The van der Waals surface area contributed by atoms with Crippen LogP contribution in [0.25, 0.3) is 0 Å². The summed E-state index contributed by atoms with van der Waals surface area (Å²) in [5.41, 5.74) is 5.69. The summed E-state index contributed by atoms with van der Waals surface area (Å²) in [6, 6.07) is 0.395. The SMILES string of the molecule is CCCC(C(=O)N1CCC2CCCCC21)C(N)=NO. The molecule has 3 N–H and O–H groups in total. The zero-order valence-electron chi connectivity index (χ0n) is 11.7. The average Bonchev–Trinajstić information content (AvgIpc) is 2.87. The van der Waals surface area contributed by atoms with Gasteiger partial charge in [-0.1, -0.05) is 31.3 Å². The first kappa shape index (κ1) is 14.2. The molecule has 2 fully saturated rings. The topological polar surface area (TPSA) is 78.9 Å². The highest BCUT2D eigenvalue weighted by Crippen LogP contribution is 2.37. The summed E-state index contributed by atoms with van der Waals surface area (Å²) in [6.07, 6.45) is 7.50. The van der Waals surface area contributed by atoms with Crippen molar-refractivity contribution in [1.82, 2.24) is 4.90 Å². The van der Waals surface area contributed by atoms with Crippen LogP contribution in [0.5, 0.6) is 0 Å². The second kappa shape index (κ2) is 6.26. The summed E-state index contributed by atoms with van der Waals surface area (Å²) >= 11 is 0. The van der Waals surface area contributed by atoms with Crippen LogP contribution in [-0.4, -0.2) is 34.4 Å². The van der Waals surface area contributed by atoms with Crippen molar-refractivity contribution in [2.75, 3.05) is 6.54 Å². The molecule has 2 aliphatic rings. The molecule has 3 unspecified atom stereocenters. The van der Waals surface area contributed by atoms with Crippen molar-refractivity contribution in [2.24, 2.45) is 22.7 Å². The Bertz CT molecular complexity index is 357. The number of carbonyl (C=O) groups excluding carboxylic acids is 1. The summed E-state index contributed by atoms with van der Waals surface area (Å²) in [6.45, 7) is 2.85. The predicted octanol–water partition coefficient (Wildman–Crippen LogP) is 1.94. The zero-order valence-corrected chi connectivity index (χ0v) is 11.7. The van der Waals surface area contributed by atoms with Gasteiger partial charge in [0, 0.05) is 12.6 Å². The number of amidine groups is 1. The Morgan fingerprint density at radius 1 is 1.42 bits per heavy atom. The second-order valence-corrected chi connectivity index (χ2v) is 5.80. The van der Waals surface area contributed by atoms with Gasteiger partial charge in [-0.25, -0.2) is 0 Å². The lowest BCUT2D eigenvalue weighted by molar-refractivity contribution is -0.135. The number of rotatable bonds is 4. The number of hydrogen-bond donors (Lipinski definition) is 2. The number of oxime groups is 1. The molecule has 0 aromatic rings. The lowest BCUT2D eigenvalue weighted by atomic mass is 9.85. The Kier molecular flexibility index (Phi) is 4.66. The third-order valence-corrected chi connectivity index (χ3v) is 4.64. The minimum atomic E-state index is -0.448. The third-order valence-electron chi connectivity index (χ3n) is 4.64. The van der Waals surface area contributed by atoms with E-state index in [9.17, 15) is 4.79 Å². The van der Waals surface area contributed by atoms with E-state index in [0.717, 1.165) is 25.8 Å². The number of hydrogen-bond acceptors (Lipinski definition) is 3. The normalized spacial score (nSPS) is 29.1. The summed E-state index contributed by atoms with van der Waals surface area (Å²) < 4.78 is 0. The van der Waals surface area contributed by atoms with E-state index in [1.54, 1.807) is 0 Å². The maximum atomic E-state index is 12.6. The van der Waals surface area contributed by atoms with E-state index < -0.39 is 5.92 Å². The van der Waals surface area contributed by atoms with E-state index in [1.165, 1.54) is 19.3 Å². The first-order valence-electron chi connectivity index (χ1n) is 7.47. The molecule has 0 bridgehead atoms. The van der Waals surface area contributed by atoms with Crippen molar-refractivity contribution >= 4 is 11.7 Å². The smallest absolute Gasteiger partial charge is 0.233 e. The van der Waals surface area contributed by atoms with E-state index in [4.69, 9.17) is 10.9 Å². The van der Waals surface area contributed by atoms with Crippen molar-refractivity contribution < 1.29 is 10.0 Å². The monoisotopic (exact) mass is 267 g/mol. The Morgan fingerprint density at radius 3 is 2.84 bits per heavy atom. The Balaban J connectivity index is 2.08. The van der Waals surface area contributed by atoms with Crippen LogP contribution in [0.15, 0.2) is 5.16 Å². The molecule has 1 saturated carbocycles. The van der Waals surface area contributed by atoms with Gasteiger partial charge < -0.3 is 15.8 Å². The van der Waals surface area contributed by atoms with Crippen molar-refractivity contribution in [2.45, 2.75) is 57.9 Å². The van der Waals surface area contributed by atoms with Gasteiger partial charge in [0.1, 0.15) is 0 Å². The van der Waals surface area contributed by atoms with Crippen LogP contribution in [-0.2, 0) is 4.79 Å². The molecule has 3 atom stereocenters. The number of carbonyl (C=O) groups is 1. The Morgan fingerprint density at radius 2 is 2.16 bits per heavy atom. The molecule has 108 valence electrons. The number of likely N-dealkylation sites (tertiary alicyclic amines) is 1. The van der Waals surface area contributed by atoms with Crippen molar-refractivity contribution in [3.8, 4) is 0 Å². The molecule has 1 aliphatic heterocycles. The standard InChI is InChI=1S/C14H25N3O2/c1-2-5-11(13(15)16-19)14(18)17-9-8-10-6-3-4-7-12(10)17/h10-12,19H,2-9H2,1H3,(H2,15,16). The lowest BCUT2D eigenvalue weighted by Gasteiger charge is -2.33. The minimum absolute atomic E-state index is 0.0612. The van der Waals surface area contributed by atoms with Crippen LogP contribution in [0.3, 0.4) is 0 Å². The summed E-state index contributed by atoms with van der Waals surface area (Å²) in [5.74, 6) is 0.348.